The minimum atomic E-state index is -1.36. The molecule has 0 saturated carbocycles. The molecule has 2 aromatic rings. The van der Waals surface area contributed by atoms with Crippen molar-refractivity contribution in [2.75, 3.05) is 6.61 Å². The standard InChI is InChI=1S/C21H23N3O7/c22-18(26)16(10-13-6-8-15(9-7-13)20(28)29)23-19(27)17(11-25)24-21(30)31-12-14-4-2-1-3-5-14/h1-9,16-17,25H,10-12H2,(H2,22,26)(H,23,27)(H,24,30)(H,28,29)/t16-,17-/m0/s1. The van der Waals surface area contributed by atoms with Crippen molar-refractivity contribution in [3.63, 3.8) is 0 Å². The predicted molar refractivity (Wildman–Crippen MR) is 109 cm³/mol. The molecule has 0 saturated heterocycles. The fourth-order valence-corrected chi connectivity index (χ4v) is 2.62. The van der Waals surface area contributed by atoms with E-state index in [0.717, 1.165) is 5.56 Å². The number of carboxylic acid groups (broad SMARTS) is 1. The molecular weight excluding hydrogens is 406 g/mol. The van der Waals surface area contributed by atoms with Crippen LogP contribution in [-0.4, -0.2) is 52.8 Å². The minimum Gasteiger partial charge on any atom is -0.478 e. The van der Waals surface area contributed by atoms with Gasteiger partial charge in [0.1, 0.15) is 18.7 Å². The number of nitrogens with one attached hydrogen (secondary N) is 2. The zero-order chi connectivity index (χ0) is 22.8. The van der Waals surface area contributed by atoms with Crippen LogP contribution in [0.4, 0.5) is 4.79 Å². The third-order valence-electron chi connectivity index (χ3n) is 4.30. The van der Waals surface area contributed by atoms with Crippen LogP contribution < -0.4 is 16.4 Å². The fourth-order valence-electron chi connectivity index (χ4n) is 2.62. The maximum absolute atomic E-state index is 12.4. The highest BCUT2D eigenvalue weighted by Crippen LogP contribution is 2.08. The van der Waals surface area contributed by atoms with E-state index in [1.165, 1.54) is 24.3 Å². The van der Waals surface area contributed by atoms with Gasteiger partial charge < -0.3 is 31.3 Å². The fraction of sp³-hybridized carbons (Fsp3) is 0.238. The smallest absolute Gasteiger partial charge is 0.408 e. The van der Waals surface area contributed by atoms with Crippen molar-refractivity contribution in [3.8, 4) is 0 Å². The van der Waals surface area contributed by atoms with Crippen LogP contribution in [0.2, 0.25) is 0 Å². The summed E-state index contributed by atoms with van der Waals surface area (Å²) in [4.78, 5) is 47.0. The number of primary amides is 1. The number of nitrogens with two attached hydrogens (primary N) is 1. The number of hydrogen-bond acceptors (Lipinski definition) is 6. The van der Waals surface area contributed by atoms with Crippen LogP contribution in [-0.2, 0) is 27.4 Å². The van der Waals surface area contributed by atoms with Crippen LogP contribution in [0.5, 0.6) is 0 Å². The van der Waals surface area contributed by atoms with Gasteiger partial charge in [0.2, 0.25) is 11.8 Å². The molecule has 164 valence electrons. The van der Waals surface area contributed by atoms with Gasteiger partial charge in [0.15, 0.2) is 0 Å². The lowest BCUT2D eigenvalue weighted by Gasteiger charge is -2.20. The van der Waals surface area contributed by atoms with Crippen molar-refractivity contribution < 1.29 is 34.1 Å². The average Bonchev–Trinajstić information content (AvgIpc) is 2.76. The largest absolute Gasteiger partial charge is 0.478 e. The molecule has 31 heavy (non-hydrogen) atoms. The molecule has 10 heteroatoms. The molecule has 2 aromatic carbocycles. The van der Waals surface area contributed by atoms with E-state index in [0.29, 0.717) is 5.56 Å². The molecule has 0 aliphatic rings. The molecule has 2 rings (SSSR count). The number of amides is 3. The number of benzene rings is 2. The van der Waals surface area contributed by atoms with E-state index >= 15 is 0 Å². The number of hydrogen-bond donors (Lipinski definition) is 5. The Morgan fingerprint density at radius 3 is 2.10 bits per heavy atom. The summed E-state index contributed by atoms with van der Waals surface area (Å²) in [5.74, 6) is -2.76. The molecule has 0 fully saturated rings. The van der Waals surface area contributed by atoms with Gasteiger partial charge in [-0.25, -0.2) is 9.59 Å². The Hall–Kier alpha value is -3.92. The number of ether oxygens (including phenoxy) is 1. The SMILES string of the molecule is NC(=O)[C@H](Cc1ccc(C(=O)O)cc1)NC(=O)[C@H](CO)NC(=O)OCc1ccccc1. The van der Waals surface area contributed by atoms with Gasteiger partial charge in [0.25, 0.3) is 0 Å². The number of aromatic carboxylic acids is 1. The number of carboxylic acids is 1. The zero-order valence-corrected chi connectivity index (χ0v) is 16.5. The van der Waals surface area contributed by atoms with Crippen LogP contribution in [0.15, 0.2) is 54.6 Å². The van der Waals surface area contributed by atoms with Gasteiger partial charge in [0.05, 0.1) is 12.2 Å². The van der Waals surface area contributed by atoms with Crippen molar-refractivity contribution in [2.45, 2.75) is 25.1 Å². The van der Waals surface area contributed by atoms with E-state index in [1.54, 1.807) is 24.3 Å². The lowest BCUT2D eigenvalue weighted by Crippen LogP contribution is -2.54. The van der Waals surface area contributed by atoms with E-state index < -0.39 is 42.6 Å². The van der Waals surface area contributed by atoms with Gasteiger partial charge >= 0.3 is 12.1 Å². The third-order valence-corrected chi connectivity index (χ3v) is 4.30. The summed E-state index contributed by atoms with van der Waals surface area (Å²) in [5.41, 5.74) is 6.72. The van der Waals surface area contributed by atoms with E-state index in [1.807, 2.05) is 6.07 Å². The van der Waals surface area contributed by atoms with Crippen LogP contribution >= 0.6 is 0 Å². The first-order chi connectivity index (χ1) is 14.8. The highest BCUT2D eigenvalue weighted by Gasteiger charge is 2.26. The maximum atomic E-state index is 12.4. The van der Waals surface area contributed by atoms with Crippen molar-refractivity contribution in [3.05, 3.63) is 71.3 Å². The second-order valence-corrected chi connectivity index (χ2v) is 6.61. The number of aliphatic hydroxyl groups is 1. The second kappa shape index (κ2) is 11.3. The lowest BCUT2D eigenvalue weighted by molar-refractivity contribution is -0.129. The topological polar surface area (TPSA) is 168 Å². The first-order valence-electron chi connectivity index (χ1n) is 9.30. The van der Waals surface area contributed by atoms with Crippen molar-refractivity contribution in [2.24, 2.45) is 5.73 Å². The van der Waals surface area contributed by atoms with E-state index in [2.05, 4.69) is 10.6 Å². The highest BCUT2D eigenvalue weighted by molar-refractivity contribution is 5.91. The molecule has 2 atom stereocenters. The summed E-state index contributed by atoms with van der Waals surface area (Å²) in [6, 6.07) is 12.1. The number of alkyl carbamates (subject to hydrolysis) is 1. The third kappa shape index (κ3) is 7.44. The summed E-state index contributed by atoms with van der Waals surface area (Å²) in [6.45, 7) is -0.756. The molecule has 0 aliphatic heterocycles. The van der Waals surface area contributed by atoms with Gasteiger partial charge in [-0.15, -0.1) is 0 Å². The Kier molecular flexibility index (Phi) is 8.52. The first kappa shape index (κ1) is 23.4. The van der Waals surface area contributed by atoms with Crippen LogP contribution in [0.25, 0.3) is 0 Å². The van der Waals surface area contributed by atoms with E-state index in [9.17, 15) is 24.3 Å². The Morgan fingerprint density at radius 1 is 0.903 bits per heavy atom. The van der Waals surface area contributed by atoms with Crippen LogP contribution in [0.3, 0.4) is 0 Å². The summed E-state index contributed by atoms with van der Waals surface area (Å²) in [5, 5.41) is 23.0. The number of aliphatic hydroxyl groups excluding tert-OH is 1. The normalized spacial score (nSPS) is 12.3. The quantitative estimate of drug-likeness (QED) is 0.359. The summed E-state index contributed by atoms with van der Waals surface area (Å²) in [7, 11) is 0. The Labute approximate surface area is 178 Å². The van der Waals surface area contributed by atoms with Gasteiger partial charge in [-0.2, -0.15) is 0 Å². The Morgan fingerprint density at radius 2 is 1.55 bits per heavy atom. The van der Waals surface area contributed by atoms with Crippen LogP contribution in [0.1, 0.15) is 21.5 Å². The lowest BCUT2D eigenvalue weighted by atomic mass is 10.0. The molecule has 0 aliphatic carbocycles. The molecule has 0 bridgehead atoms. The molecule has 10 nitrogen and oxygen atoms in total. The highest BCUT2D eigenvalue weighted by atomic mass is 16.5. The number of rotatable bonds is 10. The zero-order valence-electron chi connectivity index (χ0n) is 16.5. The number of carbonyl (C=O) groups excluding carboxylic acids is 3. The number of carbonyl (C=O) groups is 4. The monoisotopic (exact) mass is 429 g/mol. The Balaban J connectivity index is 1.93. The molecule has 0 unspecified atom stereocenters. The van der Waals surface area contributed by atoms with Crippen molar-refractivity contribution in [1.82, 2.24) is 10.6 Å². The van der Waals surface area contributed by atoms with Gasteiger partial charge in [-0.3, -0.25) is 9.59 Å². The summed E-state index contributed by atoms with van der Waals surface area (Å²) >= 11 is 0. The van der Waals surface area contributed by atoms with E-state index in [4.69, 9.17) is 15.6 Å². The molecular formula is C21H23N3O7. The van der Waals surface area contributed by atoms with Crippen molar-refractivity contribution in [1.29, 1.82) is 0 Å². The molecule has 0 aromatic heterocycles. The van der Waals surface area contributed by atoms with E-state index in [-0.39, 0.29) is 18.6 Å². The predicted octanol–water partition coefficient (Wildman–Crippen LogP) is 0.185. The molecule has 0 spiro atoms. The van der Waals surface area contributed by atoms with Crippen molar-refractivity contribution >= 4 is 23.9 Å². The minimum absolute atomic E-state index is 0.00241. The Bertz CT molecular complexity index is 916. The first-order valence-corrected chi connectivity index (χ1v) is 9.30. The maximum Gasteiger partial charge on any atom is 0.408 e. The molecule has 0 heterocycles. The van der Waals surface area contributed by atoms with Crippen LogP contribution in [0, 0.1) is 0 Å². The average molecular weight is 429 g/mol. The van der Waals surface area contributed by atoms with Gasteiger partial charge in [-0.1, -0.05) is 42.5 Å². The molecule has 0 radical (unpaired) electrons. The summed E-state index contributed by atoms with van der Waals surface area (Å²) < 4.78 is 5.01. The molecule has 6 N–H and O–H groups in total. The molecule has 3 amide bonds. The van der Waals surface area contributed by atoms with Gasteiger partial charge in [-0.05, 0) is 23.3 Å². The summed E-state index contributed by atoms with van der Waals surface area (Å²) in [6.07, 6.45) is -0.921. The van der Waals surface area contributed by atoms with Gasteiger partial charge in [0, 0.05) is 6.42 Å². The second-order valence-electron chi connectivity index (χ2n) is 6.61.